The molecule has 0 bridgehead atoms. The van der Waals surface area contributed by atoms with E-state index in [0.717, 1.165) is 19.1 Å². The second-order valence-electron chi connectivity index (χ2n) is 6.03. The van der Waals surface area contributed by atoms with E-state index in [2.05, 4.69) is 45.5 Å². The first-order valence-corrected chi connectivity index (χ1v) is 7.75. The maximum absolute atomic E-state index is 4.68. The second kappa shape index (κ2) is 5.06. The van der Waals surface area contributed by atoms with Crippen molar-refractivity contribution < 1.29 is 0 Å². The zero-order valence-electron chi connectivity index (χ0n) is 11.8. The van der Waals surface area contributed by atoms with E-state index in [1.54, 1.807) is 0 Å². The van der Waals surface area contributed by atoms with Gasteiger partial charge in [-0.05, 0) is 37.1 Å². The maximum Gasteiger partial charge on any atom is 0.136 e. The van der Waals surface area contributed by atoms with Gasteiger partial charge in [0.05, 0.1) is 0 Å². The lowest BCUT2D eigenvalue weighted by molar-refractivity contribution is 0.569. The number of anilines is 1. The normalized spacial score (nSPS) is 22.6. The van der Waals surface area contributed by atoms with Gasteiger partial charge >= 0.3 is 0 Å². The molecular formula is C17H21N3. The predicted octanol–water partition coefficient (Wildman–Crippen LogP) is 2.96. The fourth-order valence-electron chi connectivity index (χ4n) is 3.25. The predicted molar refractivity (Wildman–Crippen MR) is 83.1 cm³/mol. The highest BCUT2D eigenvalue weighted by Crippen LogP contribution is 2.30. The molecule has 1 unspecified atom stereocenters. The Morgan fingerprint density at radius 1 is 1.15 bits per heavy atom. The lowest BCUT2D eigenvalue weighted by Crippen LogP contribution is -2.39. The molecule has 1 aliphatic heterocycles. The molecule has 2 heterocycles. The van der Waals surface area contributed by atoms with Gasteiger partial charge in [0.25, 0.3) is 0 Å². The van der Waals surface area contributed by atoms with Gasteiger partial charge in [0.1, 0.15) is 5.82 Å². The summed E-state index contributed by atoms with van der Waals surface area (Å²) >= 11 is 0. The number of rotatable bonds is 4. The maximum atomic E-state index is 4.68. The molecule has 2 aliphatic rings. The van der Waals surface area contributed by atoms with Crippen molar-refractivity contribution in [3.05, 3.63) is 36.5 Å². The third-order valence-electron chi connectivity index (χ3n) is 4.52. The summed E-state index contributed by atoms with van der Waals surface area (Å²) in [4.78, 5) is 7.19. The van der Waals surface area contributed by atoms with Gasteiger partial charge < -0.3 is 10.2 Å². The average molecular weight is 267 g/mol. The number of hydrogen-bond acceptors (Lipinski definition) is 3. The van der Waals surface area contributed by atoms with Crippen molar-refractivity contribution >= 4 is 16.6 Å². The van der Waals surface area contributed by atoms with E-state index in [0.29, 0.717) is 6.04 Å². The molecule has 2 aromatic rings. The fraction of sp³-hybridized carbons (Fsp3) is 0.471. The number of pyridine rings is 1. The van der Waals surface area contributed by atoms with Gasteiger partial charge in [-0.3, -0.25) is 0 Å². The van der Waals surface area contributed by atoms with Gasteiger partial charge in [0.2, 0.25) is 0 Å². The van der Waals surface area contributed by atoms with Crippen LogP contribution >= 0.6 is 0 Å². The summed E-state index contributed by atoms with van der Waals surface area (Å²) in [6.45, 7) is 2.24. The van der Waals surface area contributed by atoms with E-state index in [1.807, 2.05) is 6.20 Å². The van der Waals surface area contributed by atoms with Crippen LogP contribution in [-0.4, -0.2) is 30.2 Å². The van der Waals surface area contributed by atoms with E-state index in [-0.39, 0.29) is 0 Å². The quantitative estimate of drug-likeness (QED) is 0.923. The number of benzene rings is 1. The topological polar surface area (TPSA) is 28.2 Å². The Hall–Kier alpha value is -1.61. The Bertz CT molecular complexity index is 601. The molecule has 1 N–H and O–H groups in total. The number of hydrogen-bond donors (Lipinski definition) is 1. The largest absolute Gasteiger partial charge is 0.352 e. The van der Waals surface area contributed by atoms with E-state index in [1.165, 1.54) is 42.3 Å². The van der Waals surface area contributed by atoms with Crippen molar-refractivity contribution in [1.29, 1.82) is 0 Å². The van der Waals surface area contributed by atoms with Crippen molar-refractivity contribution in [2.75, 3.05) is 18.0 Å². The minimum Gasteiger partial charge on any atom is -0.352 e. The van der Waals surface area contributed by atoms with Crippen LogP contribution in [0.25, 0.3) is 10.8 Å². The lowest BCUT2D eigenvalue weighted by Gasteiger charge is -2.27. The van der Waals surface area contributed by atoms with E-state index in [4.69, 9.17) is 0 Å². The van der Waals surface area contributed by atoms with Crippen LogP contribution in [0.15, 0.2) is 36.5 Å². The third-order valence-corrected chi connectivity index (χ3v) is 4.52. The molecule has 1 aliphatic carbocycles. The first-order valence-electron chi connectivity index (χ1n) is 7.75. The van der Waals surface area contributed by atoms with E-state index < -0.39 is 0 Å². The van der Waals surface area contributed by atoms with Crippen molar-refractivity contribution in [3.8, 4) is 0 Å². The smallest absolute Gasteiger partial charge is 0.136 e. The van der Waals surface area contributed by atoms with Gasteiger partial charge in [0.15, 0.2) is 0 Å². The minimum absolute atomic E-state index is 0.605. The molecule has 2 fully saturated rings. The van der Waals surface area contributed by atoms with Crippen LogP contribution in [0.3, 0.4) is 0 Å². The third kappa shape index (κ3) is 2.27. The van der Waals surface area contributed by atoms with Crippen molar-refractivity contribution in [3.63, 3.8) is 0 Å². The minimum atomic E-state index is 0.605. The van der Waals surface area contributed by atoms with Crippen molar-refractivity contribution in [2.24, 2.45) is 0 Å². The van der Waals surface area contributed by atoms with Crippen LogP contribution in [0.1, 0.15) is 25.7 Å². The van der Waals surface area contributed by atoms with Crippen LogP contribution in [-0.2, 0) is 0 Å². The molecule has 104 valence electrons. The molecule has 0 amide bonds. The summed E-state index contributed by atoms with van der Waals surface area (Å²) < 4.78 is 0. The summed E-state index contributed by atoms with van der Waals surface area (Å²) in [5, 5.41) is 6.25. The number of nitrogens with one attached hydrogen (secondary N) is 1. The SMILES string of the molecule is c1ccc2c(N3CCCC3CNC3CC3)nccc2c1. The average Bonchev–Trinajstić information content (AvgIpc) is 3.21. The lowest BCUT2D eigenvalue weighted by atomic mass is 10.1. The molecule has 1 atom stereocenters. The Balaban J connectivity index is 1.63. The first kappa shape index (κ1) is 12.2. The van der Waals surface area contributed by atoms with Gasteiger partial charge in [-0.15, -0.1) is 0 Å². The molecule has 0 radical (unpaired) electrons. The molecular weight excluding hydrogens is 246 g/mol. The summed E-state index contributed by atoms with van der Waals surface area (Å²) in [7, 11) is 0. The zero-order valence-corrected chi connectivity index (χ0v) is 11.8. The second-order valence-corrected chi connectivity index (χ2v) is 6.03. The van der Waals surface area contributed by atoms with Crippen molar-refractivity contribution in [1.82, 2.24) is 10.3 Å². The van der Waals surface area contributed by atoms with E-state index >= 15 is 0 Å². The summed E-state index contributed by atoms with van der Waals surface area (Å²) in [5.41, 5.74) is 0. The number of nitrogens with zero attached hydrogens (tertiary/aromatic N) is 2. The van der Waals surface area contributed by atoms with Gasteiger partial charge in [-0.1, -0.05) is 24.3 Å². The molecule has 1 aromatic heterocycles. The Labute approximate surface area is 120 Å². The van der Waals surface area contributed by atoms with Gasteiger partial charge in [-0.2, -0.15) is 0 Å². The molecule has 1 aromatic carbocycles. The van der Waals surface area contributed by atoms with Gasteiger partial charge in [-0.25, -0.2) is 4.98 Å². The van der Waals surface area contributed by atoms with Crippen LogP contribution in [0.4, 0.5) is 5.82 Å². The van der Waals surface area contributed by atoms with Crippen LogP contribution in [0.5, 0.6) is 0 Å². The van der Waals surface area contributed by atoms with Crippen molar-refractivity contribution in [2.45, 2.75) is 37.8 Å². The summed E-state index contributed by atoms with van der Waals surface area (Å²) in [6, 6.07) is 12.1. The molecule has 4 rings (SSSR count). The molecule has 20 heavy (non-hydrogen) atoms. The Morgan fingerprint density at radius 3 is 2.95 bits per heavy atom. The molecule has 3 nitrogen and oxygen atoms in total. The Kier molecular flexibility index (Phi) is 3.07. The zero-order chi connectivity index (χ0) is 13.4. The molecule has 3 heteroatoms. The highest BCUT2D eigenvalue weighted by molar-refractivity contribution is 5.92. The highest BCUT2D eigenvalue weighted by atomic mass is 15.2. The van der Waals surface area contributed by atoms with Crippen LogP contribution in [0, 0.1) is 0 Å². The standard InChI is InChI=1S/C17H21N3/c1-2-6-16-13(4-1)9-10-18-17(16)20-11-3-5-15(20)12-19-14-7-8-14/h1-2,4,6,9-10,14-15,19H,3,5,7-8,11-12H2. The van der Waals surface area contributed by atoms with Crippen LogP contribution < -0.4 is 10.2 Å². The Morgan fingerprint density at radius 2 is 2.05 bits per heavy atom. The van der Waals surface area contributed by atoms with Crippen LogP contribution in [0.2, 0.25) is 0 Å². The molecule has 0 spiro atoms. The monoisotopic (exact) mass is 267 g/mol. The highest BCUT2D eigenvalue weighted by Gasteiger charge is 2.29. The molecule has 1 saturated carbocycles. The fourth-order valence-corrected chi connectivity index (χ4v) is 3.25. The van der Waals surface area contributed by atoms with Gasteiger partial charge in [0, 0.05) is 36.8 Å². The first-order chi connectivity index (χ1) is 9.92. The number of aromatic nitrogens is 1. The molecule has 1 saturated heterocycles. The van der Waals surface area contributed by atoms with E-state index in [9.17, 15) is 0 Å². The summed E-state index contributed by atoms with van der Waals surface area (Å²) in [5.74, 6) is 1.17. The summed E-state index contributed by atoms with van der Waals surface area (Å²) in [6.07, 6.45) is 7.23. The number of fused-ring (bicyclic) bond motifs is 1.